The molecule has 2 aromatic rings. The maximum atomic E-state index is 2.37. The highest BCUT2D eigenvalue weighted by atomic mass is 32.2. The summed E-state index contributed by atoms with van der Waals surface area (Å²) in [6.07, 6.45) is 0. The Morgan fingerprint density at radius 3 is 1.23 bits per heavy atom. The van der Waals surface area contributed by atoms with Crippen molar-refractivity contribution in [2.75, 3.05) is 0 Å². The second-order valence-electron chi connectivity index (χ2n) is 8.03. The van der Waals surface area contributed by atoms with Crippen LogP contribution in [0.1, 0.15) is 52.7 Å². The Kier molecular flexibility index (Phi) is 3.89. The number of hydrogen-bond acceptors (Lipinski definition) is 2. The van der Waals surface area contributed by atoms with Gasteiger partial charge in [-0.2, -0.15) is 0 Å². The SMILES string of the molecule is CC(C)(C)c1ccc2c(c1)Sc1ccc(C(C)(C)C)cc1S2. The highest BCUT2D eigenvalue weighted by Crippen LogP contribution is 2.50. The lowest BCUT2D eigenvalue weighted by molar-refractivity contribution is 0.586. The van der Waals surface area contributed by atoms with Gasteiger partial charge >= 0.3 is 0 Å². The van der Waals surface area contributed by atoms with Crippen molar-refractivity contribution in [2.45, 2.75) is 72.0 Å². The second kappa shape index (κ2) is 5.35. The van der Waals surface area contributed by atoms with E-state index in [2.05, 4.69) is 77.9 Å². The number of benzene rings is 2. The molecule has 0 spiro atoms. The molecule has 0 fully saturated rings. The van der Waals surface area contributed by atoms with Crippen molar-refractivity contribution in [1.29, 1.82) is 0 Å². The molecule has 116 valence electrons. The fourth-order valence-electron chi connectivity index (χ4n) is 2.51. The zero-order valence-electron chi connectivity index (χ0n) is 14.3. The van der Waals surface area contributed by atoms with Crippen molar-refractivity contribution in [3.05, 3.63) is 47.5 Å². The molecule has 1 aliphatic rings. The summed E-state index contributed by atoms with van der Waals surface area (Å²) in [4.78, 5) is 5.56. The predicted octanol–water partition coefficient (Wildman–Crippen LogP) is 6.90. The summed E-state index contributed by atoms with van der Waals surface area (Å²) in [5.74, 6) is 0. The van der Waals surface area contributed by atoms with Crippen molar-refractivity contribution in [3.8, 4) is 0 Å². The molecule has 0 saturated heterocycles. The van der Waals surface area contributed by atoms with E-state index in [9.17, 15) is 0 Å². The van der Waals surface area contributed by atoms with E-state index in [0.717, 1.165) is 0 Å². The molecule has 3 rings (SSSR count). The van der Waals surface area contributed by atoms with Gasteiger partial charge in [-0.05, 0) is 46.2 Å². The number of rotatable bonds is 0. The van der Waals surface area contributed by atoms with Crippen molar-refractivity contribution in [1.82, 2.24) is 0 Å². The topological polar surface area (TPSA) is 0 Å². The lowest BCUT2D eigenvalue weighted by Crippen LogP contribution is -2.12. The predicted molar refractivity (Wildman–Crippen MR) is 98.5 cm³/mol. The van der Waals surface area contributed by atoms with E-state index in [0.29, 0.717) is 0 Å². The van der Waals surface area contributed by atoms with Crippen LogP contribution in [0.15, 0.2) is 56.0 Å². The Morgan fingerprint density at radius 2 is 0.909 bits per heavy atom. The summed E-state index contributed by atoms with van der Waals surface area (Å²) in [6.45, 7) is 13.7. The van der Waals surface area contributed by atoms with Crippen LogP contribution in [0.5, 0.6) is 0 Å². The quantitative estimate of drug-likeness (QED) is 0.440. The lowest BCUT2D eigenvalue weighted by Gasteiger charge is -2.26. The maximum absolute atomic E-state index is 2.37. The minimum absolute atomic E-state index is 0.205. The minimum Gasteiger partial charge on any atom is -0.0877 e. The summed E-state index contributed by atoms with van der Waals surface area (Å²) in [7, 11) is 0. The third kappa shape index (κ3) is 3.09. The van der Waals surface area contributed by atoms with Crippen molar-refractivity contribution < 1.29 is 0 Å². The smallest absolute Gasteiger partial charge is 0.0265 e. The molecule has 1 aliphatic heterocycles. The second-order valence-corrected chi connectivity index (χ2v) is 10.2. The first-order chi connectivity index (χ1) is 10.1. The van der Waals surface area contributed by atoms with Gasteiger partial charge in [-0.1, -0.05) is 77.2 Å². The molecule has 0 saturated carbocycles. The molecule has 0 bridgehead atoms. The average molecular weight is 329 g/mol. The zero-order chi connectivity index (χ0) is 16.1. The fourth-order valence-corrected chi connectivity index (χ4v) is 4.79. The molecule has 2 heteroatoms. The lowest BCUT2D eigenvalue weighted by atomic mass is 9.87. The van der Waals surface area contributed by atoms with Crippen molar-refractivity contribution in [3.63, 3.8) is 0 Å². The molecular formula is C20H24S2. The van der Waals surface area contributed by atoms with E-state index >= 15 is 0 Å². The molecule has 1 heterocycles. The fraction of sp³-hybridized carbons (Fsp3) is 0.400. The van der Waals surface area contributed by atoms with Gasteiger partial charge in [0.1, 0.15) is 0 Å². The Labute approximate surface area is 143 Å². The molecule has 0 amide bonds. The third-order valence-corrected chi connectivity index (χ3v) is 6.58. The Balaban J connectivity index is 1.99. The van der Waals surface area contributed by atoms with Crippen LogP contribution >= 0.6 is 23.5 Å². The van der Waals surface area contributed by atoms with Gasteiger partial charge < -0.3 is 0 Å². The largest absolute Gasteiger partial charge is 0.0877 e. The number of hydrogen-bond donors (Lipinski definition) is 0. The third-order valence-electron chi connectivity index (χ3n) is 4.06. The first kappa shape index (κ1) is 16.0. The molecule has 22 heavy (non-hydrogen) atoms. The van der Waals surface area contributed by atoms with Gasteiger partial charge in [-0.15, -0.1) is 0 Å². The van der Waals surface area contributed by atoms with Gasteiger partial charge in [0.2, 0.25) is 0 Å². The molecule has 2 aromatic carbocycles. The molecule has 0 atom stereocenters. The monoisotopic (exact) mass is 328 g/mol. The maximum Gasteiger partial charge on any atom is 0.0265 e. The van der Waals surface area contributed by atoms with Gasteiger partial charge in [0, 0.05) is 19.6 Å². The van der Waals surface area contributed by atoms with Gasteiger partial charge in [0.15, 0.2) is 0 Å². The Morgan fingerprint density at radius 1 is 0.545 bits per heavy atom. The van der Waals surface area contributed by atoms with Gasteiger partial charge in [-0.25, -0.2) is 0 Å². The van der Waals surface area contributed by atoms with Crippen LogP contribution in [0.25, 0.3) is 0 Å². The van der Waals surface area contributed by atoms with Crippen LogP contribution in [0.4, 0.5) is 0 Å². The van der Waals surface area contributed by atoms with Gasteiger partial charge in [0.25, 0.3) is 0 Å². The molecule has 0 N–H and O–H groups in total. The summed E-state index contributed by atoms with van der Waals surface area (Å²) in [5.41, 5.74) is 3.23. The summed E-state index contributed by atoms with van der Waals surface area (Å²) in [6, 6.07) is 13.9. The van der Waals surface area contributed by atoms with Crippen molar-refractivity contribution in [2.24, 2.45) is 0 Å². The van der Waals surface area contributed by atoms with E-state index < -0.39 is 0 Å². The van der Waals surface area contributed by atoms with Crippen LogP contribution in [0.2, 0.25) is 0 Å². The summed E-state index contributed by atoms with van der Waals surface area (Å²) >= 11 is 3.82. The molecular weight excluding hydrogens is 304 g/mol. The van der Waals surface area contributed by atoms with Crippen LogP contribution in [-0.4, -0.2) is 0 Å². The van der Waals surface area contributed by atoms with Crippen LogP contribution in [0, 0.1) is 0 Å². The molecule has 0 aliphatic carbocycles. The standard InChI is InChI=1S/C20H24S2/c1-19(2,3)13-7-9-15-17(11-13)21-16-10-8-14(20(4,5)6)12-18(16)22-15/h7-12H,1-6H3. The first-order valence-corrected chi connectivity index (χ1v) is 9.43. The van der Waals surface area contributed by atoms with Crippen LogP contribution in [-0.2, 0) is 10.8 Å². The van der Waals surface area contributed by atoms with Crippen LogP contribution < -0.4 is 0 Å². The molecule has 0 aromatic heterocycles. The van der Waals surface area contributed by atoms with E-state index in [1.807, 2.05) is 23.5 Å². The highest BCUT2D eigenvalue weighted by molar-refractivity contribution is 8.05. The Bertz CT molecular complexity index is 652. The van der Waals surface area contributed by atoms with E-state index in [4.69, 9.17) is 0 Å². The Hall–Kier alpha value is -0.860. The molecule has 0 radical (unpaired) electrons. The first-order valence-electron chi connectivity index (χ1n) is 7.79. The molecule has 0 nitrogen and oxygen atoms in total. The van der Waals surface area contributed by atoms with Crippen molar-refractivity contribution >= 4 is 23.5 Å². The summed E-state index contributed by atoms with van der Waals surface area (Å²) < 4.78 is 0. The van der Waals surface area contributed by atoms with E-state index in [1.165, 1.54) is 30.7 Å². The highest BCUT2D eigenvalue weighted by Gasteiger charge is 2.22. The zero-order valence-corrected chi connectivity index (χ0v) is 15.9. The average Bonchev–Trinajstić information content (AvgIpc) is 2.41. The minimum atomic E-state index is 0.205. The summed E-state index contributed by atoms with van der Waals surface area (Å²) in [5, 5.41) is 0. The number of fused-ring (bicyclic) bond motifs is 2. The van der Waals surface area contributed by atoms with E-state index in [1.54, 1.807) is 0 Å². The molecule has 0 unspecified atom stereocenters. The van der Waals surface area contributed by atoms with Gasteiger partial charge in [-0.3, -0.25) is 0 Å². The normalized spacial score (nSPS) is 14.5. The van der Waals surface area contributed by atoms with Gasteiger partial charge in [0.05, 0.1) is 0 Å². The van der Waals surface area contributed by atoms with E-state index in [-0.39, 0.29) is 10.8 Å². The van der Waals surface area contributed by atoms with Crippen LogP contribution in [0.3, 0.4) is 0 Å².